The maximum atomic E-state index is 4.79. The molecule has 0 atom stereocenters. The number of aryl methyl sites for hydroxylation is 1. The van der Waals surface area contributed by atoms with Crippen LogP contribution in [0, 0.1) is 6.92 Å². The molecule has 0 saturated carbocycles. The molecule has 0 saturated heterocycles. The zero-order chi connectivity index (χ0) is 19.3. The van der Waals surface area contributed by atoms with E-state index in [0.717, 1.165) is 38.7 Å². The lowest BCUT2D eigenvalue weighted by Gasteiger charge is -2.06. The third-order valence-corrected chi connectivity index (χ3v) is 6.03. The molecule has 0 spiro atoms. The van der Waals surface area contributed by atoms with Gasteiger partial charge in [0.1, 0.15) is 10.7 Å². The number of thiazole rings is 1. The molecule has 3 aromatic heterocycles. The van der Waals surface area contributed by atoms with Gasteiger partial charge in [0.2, 0.25) is 0 Å². The number of nitrogens with zero attached hydrogens (tertiary/aromatic N) is 5. The van der Waals surface area contributed by atoms with Crippen LogP contribution in [0.15, 0.2) is 71.9 Å². The minimum atomic E-state index is 0.632. The summed E-state index contributed by atoms with van der Waals surface area (Å²) in [7, 11) is 0. The number of hydrogen-bond acceptors (Lipinski definition) is 6. The van der Waals surface area contributed by atoms with E-state index in [0.29, 0.717) is 6.54 Å². The topological polar surface area (TPSA) is 56.5 Å². The van der Waals surface area contributed by atoms with E-state index in [1.165, 1.54) is 5.56 Å². The average molecular weight is 406 g/mol. The lowest BCUT2D eigenvalue weighted by Crippen LogP contribution is -2.01. The van der Waals surface area contributed by atoms with Crippen LogP contribution in [0.25, 0.3) is 22.1 Å². The number of thioether (sulfide) groups is 1. The van der Waals surface area contributed by atoms with Crippen molar-refractivity contribution in [2.75, 3.05) is 0 Å². The van der Waals surface area contributed by atoms with Gasteiger partial charge in [-0.15, -0.1) is 28.1 Å². The molecular formula is C21H19N5S2. The fourth-order valence-corrected chi connectivity index (χ4v) is 4.56. The van der Waals surface area contributed by atoms with E-state index < -0.39 is 0 Å². The molecule has 0 aliphatic carbocycles. The second kappa shape index (κ2) is 8.50. The summed E-state index contributed by atoms with van der Waals surface area (Å²) in [5, 5.41) is 12.7. The van der Waals surface area contributed by atoms with Crippen molar-refractivity contribution in [1.82, 2.24) is 24.7 Å². The number of benzene rings is 1. The molecule has 3 heterocycles. The van der Waals surface area contributed by atoms with Crippen LogP contribution in [-0.2, 0) is 12.3 Å². The molecule has 0 aliphatic rings. The predicted octanol–water partition coefficient (Wildman–Crippen LogP) is 5.25. The highest BCUT2D eigenvalue weighted by Crippen LogP contribution is 2.29. The van der Waals surface area contributed by atoms with Gasteiger partial charge in [0, 0.05) is 29.4 Å². The molecular weight excluding hydrogens is 386 g/mol. The van der Waals surface area contributed by atoms with E-state index in [9.17, 15) is 0 Å². The van der Waals surface area contributed by atoms with Gasteiger partial charge in [0.05, 0.1) is 5.69 Å². The minimum Gasteiger partial charge on any atom is -0.297 e. The summed E-state index contributed by atoms with van der Waals surface area (Å²) in [4.78, 5) is 9.17. The van der Waals surface area contributed by atoms with Gasteiger partial charge in [-0.1, -0.05) is 47.7 Å². The summed E-state index contributed by atoms with van der Waals surface area (Å²) >= 11 is 3.29. The summed E-state index contributed by atoms with van der Waals surface area (Å²) in [5.74, 6) is 1.49. The van der Waals surface area contributed by atoms with E-state index in [2.05, 4.69) is 58.3 Å². The van der Waals surface area contributed by atoms with Crippen molar-refractivity contribution >= 4 is 23.1 Å². The molecule has 0 radical (unpaired) electrons. The normalized spacial score (nSPS) is 10.9. The molecule has 5 nitrogen and oxygen atoms in total. The molecule has 0 amide bonds. The zero-order valence-corrected chi connectivity index (χ0v) is 17.1. The highest BCUT2D eigenvalue weighted by Gasteiger charge is 2.15. The van der Waals surface area contributed by atoms with Crippen LogP contribution >= 0.6 is 23.1 Å². The first-order valence-electron chi connectivity index (χ1n) is 8.84. The highest BCUT2D eigenvalue weighted by atomic mass is 32.2. The van der Waals surface area contributed by atoms with E-state index in [4.69, 9.17) is 4.98 Å². The van der Waals surface area contributed by atoms with Crippen molar-refractivity contribution in [3.8, 4) is 22.1 Å². The second-order valence-electron chi connectivity index (χ2n) is 6.22. The van der Waals surface area contributed by atoms with Gasteiger partial charge in [0.25, 0.3) is 0 Å². The predicted molar refractivity (Wildman–Crippen MR) is 115 cm³/mol. The van der Waals surface area contributed by atoms with Crippen LogP contribution in [0.2, 0.25) is 0 Å². The van der Waals surface area contributed by atoms with Crippen LogP contribution in [0.5, 0.6) is 0 Å². The van der Waals surface area contributed by atoms with Gasteiger partial charge < -0.3 is 0 Å². The Morgan fingerprint density at radius 2 is 2.11 bits per heavy atom. The van der Waals surface area contributed by atoms with Crippen LogP contribution in [-0.4, -0.2) is 24.7 Å². The van der Waals surface area contributed by atoms with Crippen LogP contribution < -0.4 is 0 Å². The van der Waals surface area contributed by atoms with E-state index in [-0.39, 0.29) is 0 Å². The number of aromatic nitrogens is 5. The lowest BCUT2D eigenvalue weighted by atomic mass is 10.1. The number of allylic oxidation sites excluding steroid dienone is 1. The molecule has 140 valence electrons. The summed E-state index contributed by atoms with van der Waals surface area (Å²) in [6.45, 7) is 6.59. The Bertz CT molecular complexity index is 1090. The van der Waals surface area contributed by atoms with Crippen LogP contribution in [0.1, 0.15) is 11.3 Å². The largest absolute Gasteiger partial charge is 0.297 e. The minimum absolute atomic E-state index is 0.632. The number of pyridine rings is 1. The Morgan fingerprint density at radius 1 is 1.18 bits per heavy atom. The van der Waals surface area contributed by atoms with Gasteiger partial charge >= 0.3 is 0 Å². The first-order valence-corrected chi connectivity index (χ1v) is 10.7. The first-order chi connectivity index (χ1) is 13.7. The van der Waals surface area contributed by atoms with Crippen molar-refractivity contribution in [2.45, 2.75) is 24.4 Å². The van der Waals surface area contributed by atoms with E-state index in [1.807, 2.05) is 28.8 Å². The molecule has 4 aromatic rings. The average Bonchev–Trinajstić information content (AvgIpc) is 3.35. The Balaban J connectivity index is 1.53. The SMILES string of the molecule is C=CCn1c(SCc2csc(-c3cccc(C)c3)n2)nnc1-c1ccccn1. The third-order valence-electron chi connectivity index (χ3n) is 4.09. The molecule has 0 N–H and O–H groups in total. The van der Waals surface area contributed by atoms with Crippen LogP contribution in [0.4, 0.5) is 0 Å². The summed E-state index contributed by atoms with van der Waals surface area (Å²) in [6.07, 6.45) is 3.61. The van der Waals surface area contributed by atoms with Gasteiger partial charge in [-0.3, -0.25) is 9.55 Å². The highest BCUT2D eigenvalue weighted by molar-refractivity contribution is 7.98. The van der Waals surface area contributed by atoms with Gasteiger partial charge in [-0.25, -0.2) is 4.98 Å². The number of hydrogen-bond donors (Lipinski definition) is 0. The number of rotatable bonds is 7. The molecule has 0 bridgehead atoms. The molecule has 0 fully saturated rings. The van der Waals surface area contributed by atoms with Gasteiger partial charge in [-0.2, -0.15) is 0 Å². The molecule has 4 rings (SSSR count). The Hall–Kier alpha value is -2.77. The fourth-order valence-electron chi connectivity index (χ4n) is 2.80. The van der Waals surface area contributed by atoms with Crippen molar-refractivity contribution < 1.29 is 0 Å². The Morgan fingerprint density at radius 3 is 2.89 bits per heavy atom. The van der Waals surface area contributed by atoms with Gasteiger partial charge in [0.15, 0.2) is 11.0 Å². The standard InChI is InChI=1S/C21H19N5S2/c1-3-11-26-19(18-9-4-5-10-22-18)24-25-21(26)28-14-17-13-27-20(23-17)16-8-6-7-15(2)12-16/h3-10,12-13H,1,11,14H2,2H3. The fraction of sp³-hybridized carbons (Fsp3) is 0.143. The monoisotopic (exact) mass is 405 g/mol. The van der Waals surface area contributed by atoms with Crippen molar-refractivity contribution in [3.05, 3.63) is 78.0 Å². The molecule has 0 aliphatic heterocycles. The maximum Gasteiger partial charge on any atom is 0.192 e. The zero-order valence-electron chi connectivity index (χ0n) is 15.4. The molecule has 0 unspecified atom stereocenters. The van der Waals surface area contributed by atoms with Crippen molar-refractivity contribution in [3.63, 3.8) is 0 Å². The maximum absolute atomic E-state index is 4.79. The van der Waals surface area contributed by atoms with Gasteiger partial charge in [-0.05, 0) is 25.1 Å². The first kappa shape index (κ1) is 18.6. The Kier molecular flexibility index (Phi) is 5.64. The third kappa shape index (κ3) is 4.05. The second-order valence-corrected chi connectivity index (χ2v) is 8.02. The van der Waals surface area contributed by atoms with Crippen molar-refractivity contribution in [1.29, 1.82) is 0 Å². The van der Waals surface area contributed by atoms with Crippen LogP contribution in [0.3, 0.4) is 0 Å². The molecule has 7 heteroatoms. The quantitative estimate of drug-likeness (QED) is 0.310. The molecule has 28 heavy (non-hydrogen) atoms. The summed E-state index contributed by atoms with van der Waals surface area (Å²) in [5.41, 5.74) is 4.25. The lowest BCUT2D eigenvalue weighted by molar-refractivity contribution is 0.729. The summed E-state index contributed by atoms with van der Waals surface area (Å²) < 4.78 is 2.04. The Labute approximate surface area is 172 Å². The molecule has 1 aromatic carbocycles. The van der Waals surface area contributed by atoms with E-state index in [1.54, 1.807) is 29.3 Å². The van der Waals surface area contributed by atoms with E-state index >= 15 is 0 Å². The smallest absolute Gasteiger partial charge is 0.192 e. The van der Waals surface area contributed by atoms with Crippen molar-refractivity contribution in [2.24, 2.45) is 0 Å². The summed E-state index contributed by atoms with van der Waals surface area (Å²) in [6, 6.07) is 14.2.